The van der Waals surface area contributed by atoms with Gasteiger partial charge in [0.2, 0.25) is 5.91 Å². The Labute approximate surface area is 167 Å². The Balaban J connectivity index is 1.42. The van der Waals surface area contributed by atoms with Crippen LogP contribution in [0.15, 0.2) is 48.5 Å². The zero-order valence-corrected chi connectivity index (χ0v) is 16.6. The molecule has 2 amide bonds. The molecule has 0 bridgehead atoms. The molecule has 1 fully saturated rings. The quantitative estimate of drug-likeness (QED) is 0.801. The van der Waals surface area contributed by atoms with E-state index in [2.05, 4.69) is 31.2 Å². The summed E-state index contributed by atoms with van der Waals surface area (Å²) in [5, 5.41) is 0. The van der Waals surface area contributed by atoms with Crippen molar-refractivity contribution < 1.29 is 9.59 Å². The van der Waals surface area contributed by atoms with Gasteiger partial charge in [-0.3, -0.25) is 9.59 Å². The Bertz CT molecular complexity index is 851. The molecular weight excluding hydrogens is 348 g/mol. The van der Waals surface area contributed by atoms with Crippen molar-refractivity contribution in [1.82, 2.24) is 4.90 Å². The van der Waals surface area contributed by atoms with Crippen LogP contribution in [0.25, 0.3) is 0 Å². The summed E-state index contributed by atoms with van der Waals surface area (Å²) in [6, 6.07) is 16.4. The number of amides is 2. The highest BCUT2D eigenvalue weighted by molar-refractivity contribution is 5.97. The number of nitrogens with zero attached hydrogens (tertiary/aromatic N) is 2. The number of hydrogen-bond donors (Lipinski definition) is 0. The lowest BCUT2D eigenvalue weighted by Gasteiger charge is -2.41. The molecule has 0 N–H and O–H groups in total. The Hall–Kier alpha value is -2.62. The van der Waals surface area contributed by atoms with E-state index in [1.54, 1.807) is 0 Å². The number of carbonyl (C=O) groups excluding carboxylic acids is 2. The topological polar surface area (TPSA) is 40.6 Å². The number of anilines is 1. The maximum Gasteiger partial charge on any atom is 0.253 e. The van der Waals surface area contributed by atoms with E-state index in [1.807, 2.05) is 34.1 Å². The molecule has 4 rings (SSSR count). The third kappa shape index (κ3) is 3.68. The summed E-state index contributed by atoms with van der Waals surface area (Å²) in [5.74, 6) is 0.321. The average molecular weight is 377 g/mol. The van der Waals surface area contributed by atoms with Crippen LogP contribution in [0, 0.1) is 0 Å². The molecule has 146 valence electrons. The van der Waals surface area contributed by atoms with Crippen LogP contribution in [-0.4, -0.2) is 35.8 Å². The van der Waals surface area contributed by atoms with Crippen LogP contribution in [0.3, 0.4) is 0 Å². The lowest BCUT2D eigenvalue weighted by atomic mass is 9.95. The predicted octanol–water partition coefficient (Wildman–Crippen LogP) is 4.22. The van der Waals surface area contributed by atoms with E-state index in [0.29, 0.717) is 19.5 Å². The first-order chi connectivity index (χ1) is 13.7. The number of para-hydroxylation sites is 1. The minimum absolute atomic E-state index is 0.104. The molecule has 0 saturated carbocycles. The molecule has 2 aliphatic heterocycles. The van der Waals surface area contributed by atoms with Crippen molar-refractivity contribution in [3.05, 3.63) is 65.2 Å². The molecule has 2 aromatic carbocycles. The van der Waals surface area contributed by atoms with Crippen molar-refractivity contribution in [3.8, 4) is 0 Å². The molecule has 4 heteroatoms. The number of fused-ring (bicyclic) bond motifs is 1. The molecule has 0 aliphatic carbocycles. The van der Waals surface area contributed by atoms with Crippen molar-refractivity contribution in [2.75, 3.05) is 18.0 Å². The Morgan fingerprint density at radius 3 is 2.43 bits per heavy atom. The molecular formula is C24H28N2O2. The predicted molar refractivity (Wildman–Crippen MR) is 112 cm³/mol. The van der Waals surface area contributed by atoms with E-state index in [9.17, 15) is 9.59 Å². The van der Waals surface area contributed by atoms with Crippen LogP contribution in [-0.2, 0) is 17.6 Å². The molecule has 0 aromatic heterocycles. The third-order valence-electron chi connectivity index (χ3n) is 5.98. The van der Waals surface area contributed by atoms with E-state index in [0.717, 1.165) is 43.4 Å². The van der Waals surface area contributed by atoms with Gasteiger partial charge in [-0.2, -0.15) is 0 Å². The van der Waals surface area contributed by atoms with Crippen LogP contribution in [0.5, 0.6) is 0 Å². The van der Waals surface area contributed by atoms with Crippen molar-refractivity contribution in [1.29, 1.82) is 0 Å². The number of piperidine rings is 1. The fraction of sp³-hybridized carbons (Fsp3) is 0.417. The lowest BCUT2D eigenvalue weighted by molar-refractivity contribution is -0.119. The van der Waals surface area contributed by atoms with Crippen LogP contribution in [0.1, 0.15) is 54.1 Å². The van der Waals surface area contributed by atoms with Gasteiger partial charge in [0.25, 0.3) is 5.91 Å². The Morgan fingerprint density at radius 1 is 1.00 bits per heavy atom. The number of likely N-dealkylation sites (tertiary alicyclic amines) is 1. The largest absolute Gasteiger partial charge is 0.338 e. The second-order valence-electron chi connectivity index (χ2n) is 7.86. The van der Waals surface area contributed by atoms with Crippen LogP contribution < -0.4 is 4.90 Å². The minimum atomic E-state index is 0.104. The number of hydrogen-bond acceptors (Lipinski definition) is 2. The summed E-state index contributed by atoms with van der Waals surface area (Å²) in [5.41, 5.74) is 4.36. The summed E-state index contributed by atoms with van der Waals surface area (Å²) < 4.78 is 0. The molecule has 0 radical (unpaired) electrons. The Morgan fingerprint density at radius 2 is 1.71 bits per heavy atom. The maximum absolute atomic E-state index is 12.9. The summed E-state index contributed by atoms with van der Waals surface area (Å²) in [6.45, 7) is 3.56. The zero-order chi connectivity index (χ0) is 19.5. The first-order valence-electron chi connectivity index (χ1n) is 10.5. The highest BCUT2D eigenvalue weighted by Gasteiger charge is 2.33. The van der Waals surface area contributed by atoms with E-state index >= 15 is 0 Å². The summed E-state index contributed by atoms with van der Waals surface area (Å²) >= 11 is 0. The fourth-order valence-corrected chi connectivity index (χ4v) is 4.47. The smallest absolute Gasteiger partial charge is 0.253 e. The summed E-state index contributed by atoms with van der Waals surface area (Å²) in [6.07, 6.45) is 5.24. The zero-order valence-electron chi connectivity index (χ0n) is 16.6. The van der Waals surface area contributed by atoms with Gasteiger partial charge in [-0.05, 0) is 55.0 Å². The molecule has 2 aliphatic rings. The van der Waals surface area contributed by atoms with Gasteiger partial charge in [0.1, 0.15) is 0 Å². The van der Waals surface area contributed by atoms with Gasteiger partial charge in [-0.25, -0.2) is 0 Å². The molecule has 0 atom stereocenters. The van der Waals surface area contributed by atoms with Crippen LogP contribution in [0.2, 0.25) is 0 Å². The van der Waals surface area contributed by atoms with Gasteiger partial charge < -0.3 is 9.80 Å². The summed E-state index contributed by atoms with van der Waals surface area (Å²) in [7, 11) is 0. The standard InChI is InChI=1S/C24H28N2O2/c1-2-5-18-8-10-20(11-9-18)24(28)25-16-14-21(15-17-25)26-22-7-4-3-6-19(22)12-13-23(26)27/h3-4,6-11,21H,2,5,12-17H2,1H3. The monoisotopic (exact) mass is 376 g/mol. The normalized spacial score (nSPS) is 17.5. The van der Waals surface area contributed by atoms with Gasteiger partial charge in [-0.1, -0.05) is 43.7 Å². The van der Waals surface area contributed by atoms with Gasteiger partial charge in [0, 0.05) is 36.8 Å². The SMILES string of the molecule is CCCc1ccc(C(=O)N2CCC(N3C(=O)CCc4ccccc43)CC2)cc1. The molecule has 28 heavy (non-hydrogen) atoms. The van der Waals surface area contributed by atoms with E-state index < -0.39 is 0 Å². The fourth-order valence-electron chi connectivity index (χ4n) is 4.47. The van der Waals surface area contributed by atoms with Gasteiger partial charge in [-0.15, -0.1) is 0 Å². The van der Waals surface area contributed by atoms with Gasteiger partial charge in [0.15, 0.2) is 0 Å². The lowest BCUT2D eigenvalue weighted by Crippen LogP contribution is -2.50. The second kappa shape index (κ2) is 8.17. The molecule has 0 unspecified atom stereocenters. The van der Waals surface area contributed by atoms with E-state index in [-0.39, 0.29) is 17.9 Å². The van der Waals surface area contributed by atoms with Crippen molar-refractivity contribution in [2.24, 2.45) is 0 Å². The number of rotatable bonds is 4. The van der Waals surface area contributed by atoms with E-state index in [4.69, 9.17) is 0 Å². The maximum atomic E-state index is 12.9. The molecule has 4 nitrogen and oxygen atoms in total. The summed E-state index contributed by atoms with van der Waals surface area (Å²) in [4.78, 5) is 29.4. The second-order valence-corrected chi connectivity index (χ2v) is 7.86. The first kappa shape index (κ1) is 18.7. The Kier molecular flexibility index (Phi) is 5.47. The van der Waals surface area contributed by atoms with Gasteiger partial charge in [0.05, 0.1) is 0 Å². The highest BCUT2D eigenvalue weighted by atomic mass is 16.2. The van der Waals surface area contributed by atoms with Crippen molar-refractivity contribution in [2.45, 2.75) is 51.5 Å². The van der Waals surface area contributed by atoms with Gasteiger partial charge >= 0.3 is 0 Å². The molecule has 1 saturated heterocycles. The molecule has 2 heterocycles. The third-order valence-corrected chi connectivity index (χ3v) is 5.98. The van der Waals surface area contributed by atoms with Crippen molar-refractivity contribution in [3.63, 3.8) is 0 Å². The first-order valence-corrected chi connectivity index (χ1v) is 10.5. The highest BCUT2D eigenvalue weighted by Crippen LogP contribution is 2.32. The number of aryl methyl sites for hydroxylation is 2. The van der Waals surface area contributed by atoms with Crippen LogP contribution in [0.4, 0.5) is 5.69 Å². The van der Waals surface area contributed by atoms with Crippen LogP contribution >= 0.6 is 0 Å². The van der Waals surface area contributed by atoms with Crippen molar-refractivity contribution >= 4 is 17.5 Å². The van der Waals surface area contributed by atoms with E-state index in [1.165, 1.54) is 11.1 Å². The molecule has 2 aromatic rings. The molecule has 0 spiro atoms. The number of carbonyl (C=O) groups is 2. The number of benzene rings is 2. The minimum Gasteiger partial charge on any atom is -0.338 e. The average Bonchev–Trinajstić information content (AvgIpc) is 2.74.